The second-order valence-electron chi connectivity index (χ2n) is 13.7. The monoisotopic (exact) mass is 695 g/mol. The second kappa shape index (κ2) is 33.1. The molecule has 0 saturated heterocycles. The number of esters is 4. The number of hydrogen-bond acceptors (Lipinski definition) is 6. The summed E-state index contributed by atoms with van der Waals surface area (Å²) in [5, 5.41) is 0. The predicted octanol–water partition coefficient (Wildman–Crippen LogP) is 13.1. The fourth-order valence-corrected chi connectivity index (χ4v) is 5.94. The summed E-state index contributed by atoms with van der Waals surface area (Å²) in [7, 11) is 0. The van der Waals surface area contributed by atoms with E-state index in [9.17, 15) is 19.2 Å². The highest BCUT2D eigenvalue weighted by Gasteiger charge is 2.23. The van der Waals surface area contributed by atoms with Crippen LogP contribution < -0.4 is 0 Å². The van der Waals surface area contributed by atoms with Gasteiger partial charge in [-0.25, -0.2) is 9.59 Å². The van der Waals surface area contributed by atoms with E-state index >= 15 is 0 Å². The van der Waals surface area contributed by atoms with Crippen LogP contribution in [0.15, 0.2) is 48.6 Å². The molecule has 6 heteroatoms. The molecule has 1 rings (SSSR count). The fourth-order valence-electron chi connectivity index (χ4n) is 5.94. The molecule has 0 amide bonds. The van der Waals surface area contributed by atoms with Crippen molar-refractivity contribution in [3.63, 3.8) is 0 Å². The normalized spacial score (nSPS) is 11.4. The summed E-state index contributed by atoms with van der Waals surface area (Å²) < 4.78 is 10.1. The van der Waals surface area contributed by atoms with Crippen molar-refractivity contribution in [1.29, 1.82) is 0 Å². The van der Waals surface area contributed by atoms with Crippen LogP contribution in [0.2, 0.25) is 0 Å². The van der Waals surface area contributed by atoms with Crippen molar-refractivity contribution in [2.24, 2.45) is 0 Å². The molecule has 0 saturated carbocycles. The number of unbranched alkanes of at least 4 members (excludes halogenated alkanes) is 22. The van der Waals surface area contributed by atoms with Crippen LogP contribution in [0.3, 0.4) is 0 Å². The summed E-state index contributed by atoms with van der Waals surface area (Å²) in [6.45, 7) is 4.49. The minimum atomic E-state index is -0.903. The highest BCUT2D eigenvalue weighted by molar-refractivity contribution is 6.07. The van der Waals surface area contributed by atoms with Crippen LogP contribution in [0.5, 0.6) is 0 Å². The second-order valence-corrected chi connectivity index (χ2v) is 13.7. The first kappa shape index (κ1) is 45.0. The van der Waals surface area contributed by atoms with E-state index in [4.69, 9.17) is 9.47 Å². The lowest BCUT2D eigenvalue weighted by Gasteiger charge is -2.08. The first-order valence-corrected chi connectivity index (χ1v) is 20.4. The molecule has 0 aliphatic heterocycles. The van der Waals surface area contributed by atoms with Crippen LogP contribution in [0, 0.1) is 0 Å². The van der Waals surface area contributed by atoms with Gasteiger partial charge in [-0.3, -0.25) is 9.59 Å². The largest absolute Gasteiger partial charge is 0.389 e. The maximum Gasteiger partial charge on any atom is 0.346 e. The molecule has 0 aliphatic rings. The molecule has 0 bridgehead atoms. The predicted molar refractivity (Wildman–Crippen MR) is 206 cm³/mol. The Morgan fingerprint density at radius 3 is 1.02 bits per heavy atom. The molecular weight excluding hydrogens is 624 g/mol. The molecule has 0 fully saturated rings. The molecule has 0 unspecified atom stereocenters. The van der Waals surface area contributed by atoms with Crippen molar-refractivity contribution in [1.82, 2.24) is 0 Å². The van der Waals surface area contributed by atoms with Crippen LogP contribution in [-0.2, 0) is 19.1 Å². The number of hydrogen-bond donors (Lipinski definition) is 0. The van der Waals surface area contributed by atoms with E-state index in [2.05, 4.69) is 38.2 Å². The van der Waals surface area contributed by atoms with E-state index in [-0.39, 0.29) is 24.0 Å². The molecule has 50 heavy (non-hydrogen) atoms. The lowest BCUT2D eigenvalue weighted by Crippen LogP contribution is -2.19. The van der Waals surface area contributed by atoms with Gasteiger partial charge in [-0.15, -0.1) is 0 Å². The van der Waals surface area contributed by atoms with Gasteiger partial charge >= 0.3 is 23.9 Å². The minimum absolute atomic E-state index is 0.0794. The topological polar surface area (TPSA) is 86.7 Å². The van der Waals surface area contributed by atoms with Gasteiger partial charge in [0.05, 0.1) is 11.1 Å². The van der Waals surface area contributed by atoms with Gasteiger partial charge in [0.1, 0.15) is 0 Å². The molecule has 0 spiro atoms. The molecule has 0 aliphatic carbocycles. The van der Waals surface area contributed by atoms with Gasteiger partial charge < -0.3 is 9.47 Å². The van der Waals surface area contributed by atoms with E-state index in [0.29, 0.717) is 12.8 Å². The van der Waals surface area contributed by atoms with Gasteiger partial charge in [0.15, 0.2) is 0 Å². The molecule has 282 valence electrons. The van der Waals surface area contributed by atoms with Crippen molar-refractivity contribution in [3.05, 3.63) is 59.7 Å². The molecule has 0 heterocycles. The van der Waals surface area contributed by atoms with Gasteiger partial charge in [-0.05, 0) is 76.3 Å². The maximum atomic E-state index is 12.7. The Labute approximate surface area is 305 Å². The Hall–Kier alpha value is -3.02. The van der Waals surface area contributed by atoms with E-state index in [1.54, 1.807) is 12.1 Å². The Morgan fingerprint density at radius 1 is 0.420 bits per heavy atom. The summed E-state index contributed by atoms with van der Waals surface area (Å²) in [4.78, 5) is 50.0. The van der Waals surface area contributed by atoms with E-state index in [1.807, 2.05) is 0 Å². The first-order valence-electron chi connectivity index (χ1n) is 20.4. The molecule has 0 aromatic heterocycles. The van der Waals surface area contributed by atoms with Crippen LogP contribution >= 0.6 is 0 Å². The molecule has 0 atom stereocenters. The van der Waals surface area contributed by atoms with Crippen LogP contribution in [0.1, 0.15) is 214 Å². The zero-order valence-corrected chi connectivity index (χ0v) is 31.9. The van der Waals surface area contributed by atoms with Crippen LogP contribution in [0.25, 0.3) is 0 Å². The third-order valence-corrected chi connectivity index (χ3v) is 9.07. The van der Waals surface area contributed by atoms with Gasteiger partial charge in [0.2, 0.25) is 0 Å². The van der Waals surface area contributed by atoms with E-state index in [1.165, 1.54) is 102 Å². The average Bonchev–Trinajstić information content (AvgIpc) is 3.11. The smallest absolute Gasteiger partial charge is 0.346 e. The number of allylic oxidation sites excluding steroid dienone is 4. The zero-order chi connectivity index (χ0) is 36.3. The van der Waals surface area contributed by atoms with Gasteiger partial charge in [-0.2, -0.15) is 0 Å². The molecule has 0 radical (unpaired) electrons. The SMILES string of the molecule is CCCCCCCCC=CCCCCCCCC(=O)OC(=O)c1ccccc1C(=O)OC(=O)CCCCCCCC=CCCCCCCCC. The van der Waals surface area contributed by atoms with E-state index < -0.39 is 23.9 Å². The average molecular weight is 695 g/mol. The number of carbonyl (C=O) groups excluding carboxylic acids is 4. The molecule has 1 aromatic carbocycles. The summed E-state index contributed by atoms with van der Waals surface area (Å²) in [5.74, 6) is -3.04. The third kappa shape index (κ3) is 25.9. The Kier molecular flexibility index (Phi) is 29.8. The van der Waals surface area contributed by atoms with Crippen molar-refractivity contribution in [3.8, 4) is 0 Å². The maximum absolute atomic E-state index is 12.7. The highest BCUT2D eigenvalue weighted by atomic mass is 16.6. The lowest BCUT2D eigenvalue weighted by molar-refractivity contribution is -0.139. The Morgan fingerprint density at radius 2 is 0.700 bits per heavy atom. The molecule has 1 aromatic rings. The molecule has 0 N–H and O–H groups in total. The minimum Gasteiger partial charge on any atom is -0.389 e. The van der Waals surface area contributed by atoms with Gasteiger partial charge in [-0.1, -0.05) is 153 Å². The zero-order valence-electron chi connectivity index (χ0n) is 31.9. The molecular formula is C44H70O6. The van der Waals surface area contributed by atoms with Crippen molar-refractivity contribution < 1.29 is 28.7 Å². The molecule has 6 nitrogen and oxygen atoms in total. The highest BCUT2D eigenvalue weighted by Crippen LogP contribution is 2.16. The number of benzene rings is 1. The van der Waals surface area contributed by atoms with Crippen molar-refractivity contribution in [2.45, 2.75) is 194 Å². The summed E-state index contributed by atoms with van der Waals surface area (Å²) in [6, 6.07) is 5.97. The van der Waals surface area contributed by atoms with Gasteiger partial charge in [0, 0.05) is 12.8 Å². The summed E-state index contributed by atoms with van der Waals surface area (Å²) in [6.07, 6.45) is 39.6. The van der Waals surface area contributed by atoms with Crippen LogP contribution in [0.4, 0.5) is 0 Å². The number of carbonyl (C=O) groups is 4. The van der Waals surface area contributed by atoms with Crippen molar-refractivity contribution >= 4 is 23.9 Å². The lowest BCUT2D eigenvalue weighted by atomic mass is 10.1. The van der Waals surface area contributed by atoms with Crippen molar-refractivity contribution in [2.75, 3.05) is 0 Å². The van der Waals surface area contributed by atoms with E-state index in [0.717, 1.165) is 64.2 Å². The van der Waals surface area contributed by atoms with Crippen LogP contribution in [-0.4, -0.2) is 23.9 Å². The fraction of sp³-hybridized carbons (Fsp3) is 0.682. The standard InChI is InChI=1S/C44H70O6/c1-3-5-7-9-11-13-15-17-19-21-23-25-27-29-31-37-41(45)49-43(47)39-35-33-34-36-40(39)44(48)50-42(46)38-32-30-28-26-24-22-20-18-16-14-12-10-8-6-4-2/h17-20,33-36H,3-16,21-32,37-38H2,1-2H3. The quantitative estimate of drug-likeness (QED) is 0.0323. The number of ether oxygens (including phenoxy) is 2. The summed E-state index contributed by atoms with van der Waals surface area (Å²) in [5.41, 5.74) is -0.159. The number of rotatable bonds is 32. The Bertz CT molecular complexity index is 1000. The summed E-state index contributed by atoms with van der Waals surface area (Å²) >= 11 is 0. The Balaban J connectivity index is 2.16. The van der Waals surface area contributed by atoms with Gasteiger partial charge in [0.25, 0.3) is 0 Å². The third-order valence-electron chi connectivity index (χ3n) is 9.07. The first-order chi connectivity index (χ1) is 24.5.